The van der Waals surface area contributed by atoms with Crippen molar-refractivity contribution in [2.45, 2.75) is 16.8 Å². The topological polar surface area (TPSA) is 124 Å². The normalized spacial score (nSPS) is 10.4. The van der Waals surface area contributed by atoms with Crippen LogP contribution in [0.5, 0.6) is 0 Å². The number of nitrogens with one attached hydrogen (secondary N) is 1. The molecule has 27 heavy (non-hydrogen) atoms. The van der Waals surface area contributed by atoms with E-state index in [-0.39, 0.29) is 22.2 Å². The molecule has 0 amide bonds. The Morgan fingerprint density at radius 1 is 1.00 bits per heavy atom. The number of rotatable bonds is 6. The molecule has 1 heterocycles. The van der Waals surface area contributed by atoms with Gasteiger partial charge in [0.25, 0.3) is 5.69 Å². The summed E-state index contributed by atoms with van der Waals surface area (Å²) in [5, 5.41) is 25.5. The van der Waals surface area contributed by atoms with Crippen molar-refractivity contribution in [2.75, 3.05) is 5.32 Å². The maximum absolute atomic E-state index is 11.6. The fourth-order valence-electron chi connectivity index (χ4n) is 2.25. The summed E-state index contributed by atoms with van der Waals surface area (Å²) >= 11 is 1.14. The number of non-ortho nitro benzene ring substituents is 1. The van der Waals surface area contributed by atoms with Crippen molar-refractivity contribution in [2.24, 2.45) is 0 Å². The highest BCUT2D eigenvalue weighted by molar-refractivity contribution is 7.99. The number of nitro benzene ring substituents is 1. The van der Waals surface area contributed by atoms with E-state index < -0.39 is 9.85 Å². The minimum atomic E-state index is -0.573. The number of hydrogen-bond acceptors (Lipinski definition) is 8. The molecule has 0 fully saturated rings. The second-order valence-corrected chi connectivity index (χ2v) is 6.54. The standard InChI is InChI=1S/C17H13N5O4S/c1-11-5-7-14(8-6-11)27-17-15(22(25)26)16(18-10-19-17)20-12-3-2-4-13(9-12)21(23)24/h2-10H,1H3,(H,18,19,20). The summed E-state index contributed by atoms with van der Waals surface area (Å²) in [7, 11) is 0. The van der Waals surface area contributed by atoms with Gasteiger partial charge in [-0.15, -0.1) is 0 Å². The number of aryl methyl sites for hydroxylation is 1. The Bertz CT molecular complexity index is 1010. The molecule has 0 saturated carbocycles. The minimum Gasteiger partial charge on any atom is -0.334 e. The first kappa shape index (κ1) is 18.3. The van der Waals surface area contributed by atoms with Gasteiger partial charge in [-0.2, -0.15) is 0 Å². The Labute approximate surface area is 157 Å². The lowest BCUT2D eigenvalue weighted by atomic mass is 10.2. The van der Waals surface area contributed by atoms with Gasteiger partial charge in [-0.1, -0.05) is 35.5 Å². The zero-order chi connectivity index (χ0) is 19.4. The maximum atomic E-state index is 11.6. The second kappa shape index (κ2) is 7.79. The van der Waals surface area contributed by atoms with Crippen LogP contribution in [0.2, 0.25) is 0 Å². The van der Waals surface area contributed by atoms with Crippen LogP contribution in [-0.2, 0) is 0 Å². The fourth-order valence-corrected chi connectivity index (χ4v) is 3.11. The highest BCUT2D eigenvalue weighted by Crippen LogP contribution is 2.37. The Morgan fingerprint density at radius 3 is 2.41 bits per heavy atom. The molecule has 0 unspecified atom stereocenters. The van der Waals surface area contributed by atoms with E-state index in [9.17, 15) is 20.2 Å². The lowest BCUT2D eigenvalue weighted by Crippen LogP contribution is -2.03. The first-order valence-electron chi connectivity index (χ1n) is 7.69. The van der Waals surface area contributed by atoms with Gasteiger partial charge in [0.15, 0.2) is 5.03 Å². The average Bonchev–Trinajstić information content (AvgIpc) is 2.64. The van der Waals surface area contributed by atoms with Crippen molar-refractivity contribution < 1.29 is 9.85 Å². The van der Waals surface area contributed by atoms with Crippen LogP contribution in [0.3, 0.4) is 0 Å². The molecule has 0 aliphatic heterocycles. The molecular formula is C17H13N5O4S. The van der Waals surface area contributed by atoms with Gasteiger partial charge in [0.2, 0.25) is 5.82 Å². The molecule has 0 radical (unpaired) electrons. The van der Waals surface area contributed by atoms with E-state index in [1.54, 1.807) is 6.07 Å². The summed E-state index contributed by atoms with van der Waals surface area (Å²) in [5.74, 6) is -0.0369. The smallest absolute Gasteiger partial charge is 0.334 e. The molecule has 136 valence electrons. The van der Waals surface area contributed by atoms with Gasteiger partial charge in [-0.25, -0.2) is 9.97 Å². The number of anilines is 2. The summed E-state index contributed by atoms with van der Waals surface area (Å²) < 4.78 is 0. The molecule has 2 aromatic carbocycles. The van der Waals surface area contributed by atoms with Gasteiger partial charge >= 0.3 is 5.69 Å². The molecule has 1 N–H and O–H groups in total. The average molecular weight is 383 g/mol. The molecule has 0 aliphatic carbocycles. The van der Waals surface area contributed by atoms with Gasteiger partial charge in [-0.3, -0.25) is 20.2 Å². The third-order valence-corrected chi connectivity index (χ3v) is 4.53. The molecule has 0 atom stereocenters. The molecule has 9 nitrogen and oxygen atoms in total. The van der Waals surface area contributed by atoms with Crippen molar-refractivity contribution >= 4 is 34.6 Å². The van der Waals surface area contributed by atoms with Crippen LogP contribution in [-0.4, -0.2) is 19.8 Å². The van der Waals surface area contributed by atoms with Crippen LogP contribution in [0.1, 0.15) is 5.56 Å². The summed E-state index contributed by atoms with van der Waals surface area (Å²) in [4.78, 5) is 30.2. The van der Waals surface area contributed by atoms with Crippen LogP contribution in [0.4, 0.5) is 22.9 Å². The number of nitro groups is 2. The van der Waals surface area contributed by atoms with Crippen LogP contribution in [0.15, 0.2) is 64.8 Å². The van der Waals surface area contributed by atoms with E-state index >= 15 is 0 Å². The molecule has 0 spiro atoms. The van der Waals surface area contributed by atoms with Crippen molar-refractivity contribution in [3.05, 3.63) is 80.7 Å². The number of nitrogens with zero attached hydrogens (tertiary/aromatic N) is 4. The zero-order valence-electron chi connectivity index (χ0n) is 14.0. The summed E-state index contributed by atoms with van der Waals surface area (Å²) in [6.45, 7) is 1.95. The monoisotopic (exact) mass is 383 g/mol. The summed E-state index contributed by atoms with van der Waals surface area (Å²) in [6, 6.07) is 13.1. The lowest BCUT2D eigenvalue weighted by molar-refractivity contribution is -0.387. The Hall–Kier alpha value is -3.53. The molecule has 10 heteroatoms. The second-order valence-electron chi connectivity index (χ2n) is 5.48. The van der Waals surface area contributed by atoms with Gasteiger partial charge in [-0.05, 0) is 25.1 Å². The zero-order valence-corrected chi connectivity index (χ0v) is 14.8. The van der Waals surface area contributed by atoms with Crippen LogP contribution in [0.25, 0.3) is 0 Å². The lowest BCUT2D eigenvalue weighted by Gasteiger charge is -2.08. The molecule has 0 bridgehead atoms. The van der Waals surface area contributed by atoms with E-state index in [0.717, 1.165) is 22.2 Å². The SMILES string of the molecule is Cc1ccc(Sc2ncnc(Nc3cccc([N+](=O)[O-])c3)c2[N+](=O)[O-])cc1. The van der Waals surface area contributed by atoms with E-state index in [2.05, 4.69) is 15.3 Å². The molecule has 0 aliphatic rings. The van der Waals surface area contributed by atoms with E-state index in [1.807, 2.05) is 31.2 Å². The van der Waals surface area contributed by atoms with Gasteiger partial charge in [0.1, 0.15) is 6.33 Å². The third kappa shape index (κ3) is 4.36. The Morgan fingerprint density at radius 2 is 1.74 bits per heavy atom. The first-order valence-corrected chi connectivity index (χ1v) is 8.51. The quantitative estimate of drug-likeness (QED) is 0.375. The van der Waals surface area contributed by atoms with Crippen LogP contribution >= 0.6 is 11.8 Å². The van der Waals surface area contributed by atoms with Gasteiger partial charge in [0, 0.05) is 22.7 Å². The number of benzene rings is 2. The van der Waals surface area contributed by atoms with Crippen LogP contribution in [0, 0.1) is 27.2 Å². The Balaban J connectivity index is 1.96. The van der Waals surface area contributed by atoms with E-state index in [1.165, 1.54) is 24.5 Å². The molecular weight excluding hydrogens is 370 g/mol. The largest absolute Gasteiger partial charge is 0.343 e. The molecule has 3 aromatic rings. The Kier molecular flexibility index (Phi) is 5.27. The molecule has 0 saturated heterocycles. The van der Waals surface area contributed by atoms with E-state index in [4.69, 9.17) is 0 Å². The van der Waals surface area contributed by atoms with Crippen molar-refractivity contribution in [1.29, 1.82) is 0 Å². The summed E-state index contributed by atoms with van der Waals surface area (Å²) in [6.07, 6.45) is 1.21. The number of aromatic nitrogens is 2. The minimum absolute atomic E-state index is 0.0369. The molecule has 3 rings (SSSR count). The highest BCUT2D eigenvalue weighted by atomic mass is 32.2. The van der Waals surface area contributed by atoms with E-state index in [0.29, 0.717) is 5.69 Å². The van der Waals surface area contributed by atoms with Crippen molar-refractivity contribution in [1.82, 2.24) is 9.97 Å². The predicted molar refractivity (Wildman–Crippen MR) is 100 cm³/mol. The number of hydrogen-bond donors (Lipinski definition) is 1. The third-order valence-electron chi connectivity index (χ3n) is 3.53. The highest BCUT2D eigenvalue weighted by Gasteiger charge is 2.24. The van der Waals surface area contributed by atoms with Crippen molar-refractivity contribution in [3.8, 4) is 0 Å². The fraction of sp³-hybridized carbons (Fsp3) is 0.0588. The first-order chi connectivity index (χ1) is 12.9. The predicted octanol–water partition coefficient (Wildman–Crippen LogP) is 4.50. The van der Waals surface area contributed by atoms with Crippen molar-refractivity contribution in [3.63, 3.8) is 0 Å². The molecule has 1 aromatic heterocycles. The van der Waals surface area contributed by atoms with Crippen LogP contribution < -0.4 is 5.32 Å². The van der Waals surface area contributed by atoms with Gasteiger partial charge < -0.3 is 5.32 Å². The summed E-state index contributed by atoms with van der Waals surface area (Å²) in [5.41, 5.74) is 0.961. The van der Waals surface area contributed by atoms with Gasteiger partial charge in [0.05, 0.1) is 9.85 Å². The maximum Gasteiger partial charge on any atom is 0.343 e.